The van der Waals surface area contributed by atoms with E-state index in [2.05, 4.69) is 61.2 Å². The molecule has 0 bridgehead atoms. The van der Waals surface area contributed by atoms with Crippen molar-refractivity contribution in [3.05, 3.63) is 77.9 Å². The van der Waals surface area contributed by atoms with Crippen molar-refractivity contribution >= 4 is 5.57 Å². The maximum absolute atomic E-state index is 9.23. The zero-order valence-corrected chi connectivity index (χ0v) is 15.4. The summed E-state index contributed by atoms with van der Waals surface area (Å²) in [5, 5.41) is 9.23. The Kier molecular flexibility index (Phi) is 7.42. The fraction of sp³-hybridized carbons (Fsp3) is 0.391. The molecule has 0 aromatic heterocycles. The van der Waals surface area contributed by atoms with Crippen LogP contribution in [0.2, 0.25) is 0 Å². The van der Waals surface area contributed by atoms with Crippen molar-refractivity contribution in [1.29, 1.82) is 0 Å². The van der Waals surface area contributed by atoms with Crippen LogP contribution in [0.5, 0.6) is 0 Å². The molecular formula is C23H31NO. The second-order valence-corrected chi connectivity index (χ2v) is 7.31. The van der Waals surface area contributed by atoms with E-state index in [1.54, 1.807) is 0 Å². The summed E-state index contributed by atoms with van der Waals surface area (Å²) in [7, 11) is 0. The van der Waals surface area contributed by atoms with E-state index < -0.39 is 5.54 Å². The molecule has 0 heterocycles. The minimum absolute atomic E-state index is 0.0187. The van der Waals surface area contributed by atoms with Gasteiger partial charge < -0.3 is 10.8 Å². The van der Waals surface area contributed by atoms with Crippen LogP contribution in [0, 0.1) is 0 Å². The number of unbranched alkanes of at least 4 members (excludes halogenated alkanes) is 1. The lowest BCUT2D eigenvalue weighted by molar-refractivity contribution is 0.200. The number of allylic oxidation sites excluding steroid dienone is 1. The normalized spacial score (nSPS) is 13.4. The number of hydrogen-bond donors (Lipinski definition) is 2. The van der Waals surface area contributed by atoms with E-state index in [4.69, 9.17) is 5.73 Å². The first kappa shape index (κ1) is 19.4. The molecule has 0 fully saturated rings. The molecule has 0 spiro atoms. The predicted molar refractivity (Wildman–Crippen MR) is 107 cm³/mol. The highest BCUT2D eigenvalue weighted by Gasteiger charge is 2.16. The summed E-state index contributed by atoms with van der Waals surface area (Å²) >= 11 is 0. The molecule has 2 aromatic rings. The summed E-state index contributed by atoms with van der Waals surface area (Å²) < 4.78 is 0. The number of benzene rings is 2. The Labute approximate surface area is 152 Å². The molecule has 0 saturated carbocycles. The van der Waals surface area contributed by atoms with Crippen LogP contribution in [0.3, 0.4) is 0 Å². The number of aliphatic hydroxyl groups is 1. The molecule has 0 aliphatic rings. The van der Waals surface area contributed by atoms with Crippen molar-refractivity contribution in [2.24, 2.45) is 5.73 Å². The van der Waals surface area contributed by atoms with Gasteiger partial charge in [0.25, 0.3) is 0 Å². The van der Waals surface area contributed by atoms with Crippen molar-refractivity contribution in [1.82, 2.24) is 0 Å². The van der Waals surface area contributed by atoms with Crippen LogP contribution in [0.25, 0.3) is 5.57 Å². The van der Waals surface area contributed by atoms with E-state index in [0.29, 0.717) is 0 Å². The number of aliphatic hydroxyl groups excluding tert-OH is 1. The Morgan fingerprint density at radius 1 is 0.960 bits per heavy atom. The van der Waals surface area contributed by atoms with Crippen LogP contribution in [-0.4, -0.2) is 17.3 Å². The van der Waals surface area contributed by atoms with Gasteiger partial charge in [-0.05, 0) is 67.7 Å². The number of aryl methyl sites for hydroxylation is 2. The molecule has 0 unspecified atom stereocenters. The topological polar surface area (TPSA) is 46.2 Å². The molecular weight excluding hydrogens is 306 g/mol. The Morgan fingerprint density at radius 3 is 2.24 bits per heavy atom. The molecule has 0 radical (unpaired) electrons. The minimum Gasteiger partial charge on any atom is -0.394 e. The second kappa shape index (κ2) is 9.55. The summed E-state index contributed by atoms with van der Waals surface area (Å²) in [6.07, 6.45) is 6.20. The van der Waals surface area contributed by atoms with Gasteiger partial charge in [-0.3, -0.25) is 0 Å². The van der Waals surface area contributed by atoms with E-state index in [-0.39, 0.29) is 6.61 Å². The number of hydrogen-bond acceptors (Lipinski definition) is 2. The SMILES string of the molecule is C=C(CCCCc1ccccc1)c1ccc(CC[C@@](C)(N)CO)cc1. The molecule has 0 aliphatic heterocycles. The second-order valence-electron chi connectivity index (χ2n) is 7.31. The molecule has 0 aliphatic carbocycles. The maximum Gasteiger partial charge on any atom is 0.0608 e. The Morgan fingerprint density at radius 2 is 1.60 bits per heavy atom. The van der Waals surface area contributed by atoms with Gasteiger partial charge in [-0.15, -0.1) is 0 Å². The van der Waals surface area contributed by atoms with Crippen molar-refractivity contribution in [3.63, 3.8) is 0 Å². The van der Waals surface area contributed by atoms with Crippen molar-refractivity contribution < 1.29 is 5.11 Å². The minimum atomic E-state index is -0.499. The van der Waals surface area contributed by atoms with Gasteiger partial charge in [-0.25, -0.2) is 0 Å². The Hall–Kier alpha value is -1.90. The third-order valence-electron chi connectivity index (χ3n) is 4.75. The number of rotatable bonds is 10. The lowest BCUT2D eigenvalue weighted by Gasteiger charge is -2.21. The first-order valence-electron chi connectivity index (χ1n) is 9.21. The van der Waals surface area contributed by atoms with Crippen LogP contribution < -0.4 is 5.73 Å². The van der Waals surface area contributed by atoms with Crippen molar-refractivity contribution in [3.8, 4) is 0 Å². The summed E-state index contributed by atoms with van der Waals surface area (Å²) in [4.78, 5) is 0. The van der Waals surface area contributed by atoms with E-state index in [1.165, 1.54) is 28.7 Å². The molecule has 25 heavy (non-hydrogen) atoms. The smallest absolute Gasteiger partial charge is 0.0608 e. The lowest BCUT2D eigenvalue weighted by Crippen LogP contribution is -2.40. The van der Waals surface area contributed by atoms with Gasteiger partial charge in [0.05, 0.1) is 6.61 Å². The summed E-state index contributed by atoms with van der Waals surface area (Å²) in [5.74, 6) is 0. The molecule has 2 rings (SSSR count). The van der Waals surface area contributed by atoms with Gasteiger partial charge >= 0.3 is 0 Å². The Bertz CT molecular complexity index is 644. The molecule has 3 N–H and O–H groups in total. The van der Waals surface area contributed by atoms with Crippen LogP contribution >= 0.6 is 0 Å². The van der Waals surface area contributed by atoms with Gasteiger partial charge in [0, 0.05) is 5.54 Å². The van der Waals surface area contributed by atoms with Crippen LogP contribution in [0.1, 0.15) is 49.3 Å². The largest absolute Gasteiger partial charge is 0.394 e. The third-order valence-corrected chi connectivity index (χ3v) is 4.75. The molecule has 2 heteroatoms. The quantitative estimate of drug-likeness (QED) is 0.614. The third kappa shape index (κ3) is 6.85. The highest BCUT2D eigenvalue weighted by Crippen LogP contribution is 2.21. The van der Waals surface area contributed by atoms with Crippen LogP contribution in [0.15, 0.2) is 61.2 Å². The summed E-state index contributed by atoms with van der Waals surface area (Å²) in [5.41, 5.74) is 10.6. The molecule has 0 saturated heterocycles. The number of nitrogens with two attached hydrogens (primary N) is 1. The van der Waals surface area contributed by atoms with E-state index >= 15 is 0 Å². The van der Waals surface area contributed by atoms with Crippen molar-refractivity contribution in [2.45, 2.75) is 51.0 Å². The van der Waals surface area contributed by atoms with Crippen LogP contribution in [0.4, 0.5) is 0 Å². The average molecular weight is 338 g/mol. The van der Waals surface area contributed by atoms with Gasteiger partial charge in [0.1, 0.15) is 0 Å². The highest BCUT2D eigenvalue weighted by molar-refractivity contribution is 5.63. The molecule has 1 atom stereocenters. The van der Waals surface area contributed by atoms with Gasteiger partial charge in [-0.2, -0.15) is 0 Å². The van der Waals surface area contributed by atoms with E-state index in [9.17, 15) is 5.11 Å². The summed E-state index contributed by atoms with van der Waals surface area (Å²) in [6, 6.07) is 19.3. The predicted octanol–water partition coefficient (Wildman–Crippen LogP) is 4.76. The zero-order chi connectivity index (χ0) is 18.1. The standard InChI is InChI=1S/C23H31NO/c1-19(8-6-7-11-20-9-4-3-5-10-20)22-14-12-21(13-15-22)16-17-23(2,24)18-25/h3-5,9-10,12-15,25H,1,6-8,11,16-18,24H2,2H3/t23-/m1/s1. The molecule has 2 aromatic carbocycles. The fourth-order valence-corrected chi connectivity index (χ4v) is 2.87. The zero-order valence-electron chi connectivity index (χ0n) is 15.4. The summed E-state index contributed by atoms with van der Waals surface area (Å²) in [6.45, 7) is 6.15. The Balaban J connectivity index is 1.74. The van der Waals surface area contributed by atoms with Crippen LogP contribution in [-0.2, 0) is 12.8 Å². The molecule has 134 valence electrons. The van der Waals surface area contributed by atoms with Crippen molar-refractivity contribution in [2.75, 3.05) is 6.61 Å². The highest BCUT2D eigenvalue weighted by atomic mass is 16.3. The average Bonchev–Trinajstić information content (AvgIpc) is 2.65. The first-order chi connectivity index (χ1) is 12.0. The monoisotopic (exact) mass is 337 g/mol. The van der Waals surface area contributed by atoms with E-state index in [0.717, 1.165) is 32.1 Å². The van der Waals surface area contributed by atoms with E-state index in [1.807, 2.05) is 6.92 Å². The lowest BCUT2D eigenvalue weighted by atomic mass is 9.94. The van der Waals surface area contributed by atoms with Gasteiger partial charge in [0.15, 0.2) is 0 Å². The first-order valence-corrected chi connectivity index (χ1v) is 9.21. The van der Waals surface area contributed by atoms with Gasteiger partial charge in [0.2, 0.25) is 0 Å². The van der Waals surface area contributed by atoms with Gasteiger partial charge in [-0.1, -0.05) is 61.2 Å². The fourth-order valence-electron chi connectivity index (χ4n) is 2.87. The maximum atomic E-state index is 9.23. The molecule has 0 amide bonds. The molecule has 2 nitrogen and oxygen atoms in total.